The minimum atomic E-state index is -0.482. The number of non-ortho nitro benzene ring substituents is 1. The van der Waals surface area contributed by atoms with Crippen LogP contribution < -0.4 is 10.6 Å². The van der Waals surface area contributed by atoms with Gasteiger partial charge in [-0.25, -0.2) is 4.79 Å². The average molecular weight is 278 g/mol. The standard InChI is InChI=1S/C13H18N4O3/c1-9-7-16(8-10(2)14-9)13(18)15-11-4-3-5-12(6-11)17(19)20/h3-6,9-10,14H,7-8H2,1-2H3,(H,15,18). The van der Waals surface area contributed by atoms with Crippen molar-refractivity contribution in [2.45, 2.75) is 25.9 Å². The number of amides is 2. The predicted molar refractivity (Wildman–Crippen MR) is 75.7 cm³/mol. The second-order valence-electron chi connectivity index (χ2n) is 5.11. The summed E-state index contributed by atoms with van der Waals surface area (Å²) in [6.07, 6.45) is 0. The van der Waals surface area contributed by atoms with Gasteiger partial charge in [-0.05, 0) is 19.9 Å². The van der Waals surface area contributed by atoms with Crippen LogP contribution in [0.2, 0.25) is 0 Å². The van der Waals surface area contributed by atoms with E-state index in [4.69, 9.17) is 0 Å². The topological polar surface area (TPSA) is 87.5 Å². The lowest BCUT2D eigenvalue weighted by Crippen LogP contribution is -2.56. The molecule has 0 bridgehead atoms. The summed E-state index contributed by atoms with van der Waals surface area (Å²) in [5.74, 6) is 0. The molecule has 7 nitrogen and oxygen atoms in total. The van der Waals surface area contributed by atoms with Crippen molar-refractivity contribution in [2.75, 3.05) is 18.4 Å². The van der Waals surface area contributed by atoms with E-state index in [1.54, 1.807) is 17.0 Å². The number of hydrogen-bond acceptors (Lipinski definition) is 4. The maximum absolute atomic E-state index is 12.2. The van der Waals surface area contributed by atoms with Crippen LogP contribution in [0.4, 0.5) is 16.2 Å². The number of piperazine rings is 1. The van der Waals surface area contributed by atoms with Crippen LogP contribution in [0.3, 0.4) is 0 Å². The summed E-state index contributed by atoms with van der Waals surface area (Å²) in [5, 5.41) is 16.7. The molecule has 2 unspecified atom stereocenters. The van der Waals surface area contributed by atoms with Gasteiger partial charge < -0.3 is 15.5 Å². The molecule has 0 aromatic heterocycles. The molecule has 7 heteroatoms. The number of nitro groups is 1. The van der Waals surface area contributed by atoms with Gasteiger partial charge in [0.25, 0.3) is 5.69 Å². The Kier molecular flexibility index (Phi) is 4.19. The summed E-state index contributed by atoms with van der Waals surface area (Å²) < 4.78 is 0. The SMILES string of the molecule is CC1CN(C(=O)Nc2cccc([N+](=O)[O-])c2)CC(C)N1. The van der Waals surface area contributed by atoms with Crippen LogP contribution in [0, 0.1) is 10.1 Å². The highest BCUT2D eigenvalue weighted by Gasteiger charge is 2.24. The van der Waals surface area contributed by atoms with Gasteiger partial charge in [-0.2, -0.15) is 0 Å². The fourth-order valence-corrected chi connectivity index (χ4v) is 2.39. The molecule has 2 rings (SSSR count). The summed E-state index contributed by atoms with van der Waals surface area (Å²) in [6.45, 7) is 5.27. The minimum absolute atomic E-state index is 0.0372. The Balaban J connectivity index is 2.04. The number of benzene rings is 1. The van der Waals surface area contributed by atoms with Crippen LogP contribution in [0.25, 0.3) is 0 Å². The molecule has 1 heterocycles. The van der Waals surface area contributed by atoms with Crippen LogP contribution in [0.1, 0.15) is 13.8 Å². The van der Waals surface area contributed by atoms with Gasteiger partial charge in [-0.3, -0.25) is 10.1 Å². The third-order valence-corrected chi connectivity index (χ3v) is 3.15. The molecule has 1 aliphatic heterocycles. The van der Waals surface area contributed by atoms with Crippen LogP contribution in [0.15, 0.2) is 24.3 Å². The molecular formula is C13H18N4O3. The van der Waals surface area contributed by atoms with Crippen LogP contribution in [-0.4, -0.2) is 41.0 Å². The zero-order chi connectivity index (χ0) is 14.7. The van der Waals surface area contributed by atoms with E-state index in [-0.39, 0.29) is 23.8 Å². The van der Waals surface area contributed by atoms with Gasteiger partial charge >= 0.3 is 6.03 Å². The summed E-state index contributed by atoms with van der Waals surface area (Å²) in [5.41, 5.74) is 0.396. The smallest absolute Gasteiger partial charge is 0.321 e. The Morgan fingerprint density at radius 2 is 2.05 bits per heavy atom. The molecule has 0 spiro atoms. The van der Waals surface area contributed by atoms with Crippen LogP contribution in [-0.2, 0) is 0 Å². The highest BCUT2D eigenvalue weighted by Crippen LogP contribution is 2.17. The Morgan fingerprint density at radius 1 is 1.40 bits per heavy atom. The van der Waals surface area contributed by atoms with E-state index in [1.807, 2.05) is 13.8 Å². The number of carbonyl (C=O) groups excluding carboxylic acids is 1. The molecule has 20 heavy (non-hydrogen) atoms. The largest absolute Gasteiger partial charge is 0.321 e. The Morgan fingerprint density at radius 3 is 2.65 bits per heavy atom. The van der Waals surface area contributed by atoms with Gasteiger partial charge in [-0.15, -0.1) is 0 Å². The predicted octanol–water partition coefficient (Wildman–Crippen LogP) is 1.81. The third-order valence-electron chi connectivity index (χ3n) is 3.15. The number of hydrogen-bond donors (Lipinski definition) is 2. The van der Waals surface area contributed by atoms with E-state index < -0.39 is 4.92 Å². The zero-order valence-electron chi connectivity index (χ0n) is 11.5. The van der Waals surface area contributed by atoms with E-state index in [0.717, 1.165) is 0 Å². The molecule has 108 valence electrons. The maximum Gasteiger partial charge on any atom is 0.321 e. The number of nitrogens with zero attached hydrogens (tertiary/aromatic N) is 2. The van der Waals surface area contributed by atoms with Gasteiger partial charge in [0.05, 0.1) is 4.92 Å². The van der Waals surface area contributed by atoms with E-state index >= 15 is 0 Å². The van der Waals surface area contributed by atoms with Crippen molar-refractivity contribution in [2.24, 2.45) is 0 Å². The van der Waals surface area contributed by atoms with Crippen molar-refractivity contribution >= 4 is 17.4 Å². The summed E-state index contributed by atoms with van der Waals surface area (Å²) in [7, 11) is 0. The second kappa shape index (κ2) is 5.87. The maximum atomic E-state index is 12.2. The number of anilines is 1. The van der Waals surface area contributed by atoms with Gasteiger partial charge in [-0.1, -0.05) is 6.07 Å². The average Bonchev–Trinajstić information content (AvgIpc) is 2.37. The van der Waals surface area contributed by atoms with E-state index in [9.17, 15) is 14.9 Å². The molecule has 1 saturated heterocycles. The van der Waals surface area contributed by atoms with Gasteiger partial charge in [0, 0.05) is 43.0 Å². The summed E-state index contributed by atoms with van der Waals surface area (Å²) >= 11 is 0. The first-order valence-electron chi connectivity index (χ1n) is 6.52. The quantitative estimate of drug-likeness (QED) is 0.638. The van der Waals surface area contributed by atoms with Crippen molar-refractivity contribution in [3.05, 3.63) is 34.4 Å². The second-order valence-corrected chi connectivity index (χ2v) is 5.11. The minimum Gasteiger partial charge on any atom is -0.321 e. The highest BCUT2D eigenvalue weighted by molar-refractivity contribution is 5.89. The van der Waals surface area contributed by atoms with E-state index in [2.05, 4.69) is 10.6 Å². The van der Waals surface area contributed by atoms with Crippen molar-refractivity contribution in [1.29, 1.82) is 0 Å². The summed E-state index contributed by atoms with van der Waals surface area (Å²) in [4.78, 5) is 24.1. The first-order chi connectivity index (χ1) is 9.45. The number of nitrogens with one attached hydrogen (secondary N) is 2. The molecule has 1 aromatic carbocycles. The molecule has 1 aromatic rings. The van der Waals surface area contributed by atoms with Crippen LogP contribution in [0.5, 0.6) is 0 Å². The third kappa shape index (κ3) is 3.45. The normalized spacial score (nSPS) is 22.4. The molecule has 1 fully saturated rings. The monoisotopic (exact) mass is 278 g/mol. The first-order valence-corrected chi connectivity index (χ1v) is 6.52. The lowest BCUT2D eigenvalue weighted by molar-refractivity contribution is -0.384. The number of rotatable bonds is 2. The lowest BCUT2D eigenvalue weighted by Gasteiger charge is -2.36. The van der Waals surface area contributed by atoms with E-state index in [0.29, 0.717) is 18.8 Å². The van der Waals surface area contributed by atoms with Crippen molar-refractivity contribution in [3.63, 3.8) is 0 Å². The Labute approximate surface area is 117 Å². The van der Waals surface area contributed by atoms with E-state index in [1.165, 1.54) is 12.1 Å². The molecular weight excluding hydrogens is 260 g/mol. The van der Waals surface area contributed by atoms with Crippen molar-refractivity contribution < 1.29 is 9.72 Å². The van der Waals surface area contributed by atoms with Crippen molar-refractivity contribution in [1.82, 2.24) is 10.2 Å². The molecule has 2 atom stereocenters. The molecule has 0 radical (unpaired) electrons. The van der Waals surface area contributed by atoms with Gasteiger partial charge in [0.1, 0.15) is 0 Å². The van der Waals surface area contributed by atoms with Gasteiger partial charge in [0.15, 0.2) is 0 Å². The Bertz CT molecular complexity index is 510. The number of carbonyl (C=O) groups is 1. The fourth-order valence-electron chi connectivity index (χ4n) is 2.39. The lowest BCUT2D eigenvalue weighted by atomic mass is 10.1. The highest BCUT2D eigenvalue weighted by atomic mass is 16.6. The van der Waals surface area contributed by atoms with Crippen LogP contribution >= 0.6 is 0 Å². The molecule has 0 aliphatic carbocycles. The molecule has 1 aliphatic rings. The summed E-state index contributed by atoms with van der Waals surface area (Å²) in [6, 6.07) is 6.17. The molecule has 2 amide bonds. The van der Waals surface area contributed by atoms with Gasteiger partial charge in [0.2, 0.25) is 0 Å². The number of urea groups is 1. The molecule has 0 saturated carbocycles. The Hall–Kier alpha value is -2.15. The van der Waals surface area contributed by atoms with Crippen molar-refractivity contribution in [3.8, 4) is 0 Å². The fraction of sp³-hybridized carbons (Fsp3) is 0.462. The number of nitro benzene ring substituents is 1. The molecule has 2 N–H and O–H groups in total. The zero-order valence-corrected chi connectivity index (χ0v) is 11.5. The first kappa shape index (κ1) is 14.3.